The highest BCUT2D eigenvalue weighted by Crippen LogP contribution is 2.32. The Morgan fingerprint density at radius 3 is 2.00 bits per heavy atom. The molecule has 1 aromatic rings. The first kappa shape index (κ1) is 14.0. The van der Waals surface area contributed by atoms with Crippen molar-refractivity contribution in [3.8, 4) is 0 Å². The van der Waals surface area contributed by atoms with Crippen LogP contribution in [0.3, 0.4) is 0 Å². The van der Waals surface area contributed by atoms with Crippen molar-refractivity contribution in [1.29, 1.82) is 0 Å². The van der Waals surface area contributed by atoms with Crippen LogP contribution in [-0.2, 0) is 0 Å². The molecule has 0 aliphatic rings. The van der Waals surface area contributed by atoms with E-state index >= 15 is 0 Å². The van der Waals surface area contributed by atoms with Gasteiger partial charge in [0.2, 0.25) is 0 Å². The second-order valence-corrected chi connectivity index (χ2v) is 4.11. The molecule has 0 aliphatic carbocycles. The summed E-state index contributed by atoms with van der Waals surface area (Å²) in [7, 11) is 1.47. The minimum atomic E-state index is -4.25. The van der Waals surface area contributed by atoms with Gasteiger partial charge < -0.3 is 5.32 Å². The molecule has 0 fully saturated rings. The fraction of sp³-hybridized carbons (Fsp3) is 0.500. The molecule has 0 aliphatic heterocycles. The van der Waals surface area contributed by atoms with E-state index in [1.807, 2.05) is 0 Å². The molecule has 96 valence electrons. The lowest BCUT2D eigenvalue weighted by atomic mass is 9.94. The summed E-state index contributed by atoms with van der Waals surface area (Å²) in [5.74, 6) is -0.425. The molecular weight excluding hydrogens is 234 g/mol. The second-order valence-electron chi connectivity index (χ2n) is 4.11. The summed E-state index contributed by atoms with van der Waals surface area (Å²) < 4.78 is 50.3. The molecule has 1 unspecified atom stereocenters. The van der Waals surface area contributed by atoms with Crippen LogP contribution < -0.4 is 5.32 Å². The molecule has 0 spiro atoms. The van der Waals surface area contributed by atoms with Gasteiger partial charge in [0.15, 0.2) is 0 Å². The van der Waals surface area contributed by atoms with E-state index in [1.165, 1.54) is 19.2 Å². The van der Waals surface area contributed by atoms with Gasteiger partial charge in [-0.2, -0.15) is 13.2 Å². The quantitative estimate of drug-likeness (QED) is 0.806. The van der Waals surface area contributed by atoms with Crippen LogP contribution in [0, 0.1) is 19.7 Å². The van der Waals surface area contributed by atoms with E-state index in [4.69, 9.17) is 0 Å². The SMILES string of the molecule is CNC(CC(F)(F)F)c1c(C)cc(F)cc1C. The zero-order valence-electron chi connectivity index (χ0n) is 9.95. The fourth-order valence-corrected chi connectivity index (χ4v) is 2.05. The van der Waals surface area contributed by atoms with E-state index in [-0.39, 0.29) is 0 Å². The van der Waals surface area contributed by atoms with E-state index in [2.05, 4.69) is 5.32 Å². The third-order valence-corrected chi connectivity index (χ3v) is 2.69. The van der Waals surface area contributed by atoms with Crippen molar-refractivity contribution < 1.29 is 17.6 Å². The summed E-state index contributed by atoms with van der Waals surface area (Å²) in [6.45, 7) is 3.23. The first-order valence-corrected chi connectivity index (χ1v) is 5.25. The molecule has 0 saturated heterocycles. The molecule has 0 bridgehead atoms. The number of hydrogen-bond donors (Lipinski definition) is 1. The van der Waals surface area contributed by atoms with Gasteiger partial charge >= 0.3 is 6.18 Å². The lowest BCUT2D eigenvalue weighted by molar-refractivity contribution is -0.140. The van der Waals surface area contributed by atoms with Crippen molar-refractivity contribution in [1.82, 2.24) is 5.32 Å². The topological polar surface area (TPSA) is 12.0 Å². The standard InChI is InChI=1S/C12H15F4N/c1-7-4-9(13)5-8(2)11(7)10(17-3)6-12(14,15)16/h4-5,10,17H,6H2,1-3H3. The first-order valence-electron chi connectivity index (χ1n) is 5.25. The average molecular weight is 249 g/mol. The number of aryl methyl sites for hydroxylation is 2. The molecule has 0 radical (unpaired) electrons. The molecular formula is C12H15F4N. The van der Waals surface area contributed by atoms with E-state index in [9.17, 15) is 17.6 Å². The maximum atomic E-state index is 13.1. The molecule has 1 nitrogen and oxygen atoms in total. The van der Waals surface area contributed by atoms with E-state index in [1.54, 1.807) is 13.8 Å². The Kier molecular flexibility index (Phi) is 4.14. The van der Waals surface area contributed by atoms with Gasteiger partial charge in [-0.25, -0.2) is 4.39 Å². The van der Waals surface area contributed by atoms with Crippen molar-refractivity contribution in [3.63, 3.8) is 0 Å². The first-order chi connectivity index (χ1) is 7.74. The molecule has 17 heavy (non-hydrogen) atoms. The monoisotopic (exact) mass is 249 g/mol. The molecule has 0 saturated carbocycles. The Balaban J connectivity index is 3.12. The van der Waals surface area contributed by atoms with Crippen molar-refractivity contribution in [2.45, 2.75) is 32.5 Å². The minimum Gasteiger partial charge on any atom is -0.313 e. The predicted octanol–water partition coefficient (Wildman–Crippen LogP) is 3.66. The van der Waals surface area contributed by atoms with E-state index < -0.39 is 24.5 Å². The number of rotatable bonds is 3. The van der Waals surface area contributed by atoms with Crippen LogP contribution in [0.15, 0.2) is 12.1 Å². The van der Waals surface area contributed by atoms with Crippen LogP contribution in [0.5, 0.6) is 0 Å². The number of benzene rings is 1. The number of halogens is 4. The largest absolute Gasteiger partial charge is 0.390 e. The number of hydrogen-bond acceptors (Lipinski definition) is 1. The summed E-state index contributed by atoms with van der Waals surface area (Å²) in [5, 5.41) is 2.63. The van der Waals surface area contributed by atoms with Crippen molar-refractivity contribution in [2.75, 3.05) is 7.05 Å². The average Bonchev–Trinajstić information content (AvgIpc) is 2.12. The van der Waals surface area contributed by atoms with Crippen LogP contribution in [0.4, 0.5) is 17.6 Å². The predicted molar refractivity (Wildman–Crippen MR) is 58.3 cm³/mol. The zero-order chi connectivity index (χ0) is 13.2. The molecule has 0 heterocycles. The van der Waals surface area contributed by atoms with E-state index in [0.717, 1.165) is 0 Å². The lowest BCUT2D eigenvalue weighted by Crippen LogP contribution is -2.25. The highest BCUT2D eigenvalue weighted by atomic mass is 19.4. The highest BCUT2D eigenvalue weighted by Gasteiger charge is 2.33. The Labute approximate surface area is 97.8 Å². The van der Waals surface area contributed by atoms with Gasteiger partial charge in [0.1, 0.15) is 5.82 Å². The van der Waals surface area contributed by atoms with Crippen molar-refractivity contribution in [2.24, 2.45) is 0 Å². The maximum absolute atomic E-state index is 13.1. The molecule has 1 N–H and O–H groups in total. The third kappa shape index (κ3) is 3.70. The summed E-state index contributed by atoms with van der Waals surface area (Å²) >= 11 is 0. The van der Waals surface area contributed by atoms with Gasteiger partial charge in [-0.05, 0) is 49.7 Å². The Bertz CT molecular complexity index is 375. The fourth-order valence-electron chi connectivity index (χ4n) is 2.05. The molecule has 5 heteroatoms. The van der Waals surface area contributed by atoms with Crippen LogP contribution >= 0.6 is 0 Å². The van der Waals surface area contributed by atoms with Gasteiger partial charge in [0.05, 0.1) is 6.42 Å². The van der Waals surface area contributed by atoms with Crippen molar-refractivity contribution in [3.05, 3.63) is 34.6 Å². The Hall–Kier alpha value is -1.10. The van der Waals surface area contributed by atoms with Crippen molar-refractivity contribution >= 4 is 0 Å². The molecule has 1 atom stereocenters. The summed E-state index contributed by atoms with van der Waals surface area (Å²) in [6, 6.07) is 1.67. The number of nitrogens with one attached hydrogen (secondary N) is 1. The van der Waals surface area contributed by atoms with Gasteiger partial charge in [-0.1, -0.05) is 0 Å². The molecule has 1 aromatic carbocycles. The summed E-state index contributed by atoms with van der Waals surface area (Å²) in [5.41, 5.74) is 1.59. The minimum absolute atomic E-state index is 0.425. The number of alkyl halides is 3. The molecule has 1 rings (SSSR count). The van der Waals surface area contributed by atoms with Crippen LogP contribution in [-0.4, -0.2) is 13.2 Å². The summed E-state index contributed by atoms with van der Waals surface area (Å²) in [4.78, 5) is 0. The normalized spacial score (nSPS) is 13.8. The summed E-state index contributed by atoms with van der Waals surface area (Å²) in [6.07, 6.45) is -5.21. The van der Waals surface area contributed by atoms with Gasteiger partial charge in [0.25, 0.3) is 0 Å². The lowest BCUT2D eigenvalue weighted by Gasteiger charge is -2.22. The van der Waals surface area contributed by atoms with E-state index in [0.29, 0.717) is 16.7 Å². The Morgan fingerprint density at radius 2 is 1.65 bits per heavy atom. The third-order valence-electron chi connectivity index (χ3n) is 2.69. The van der Waals surface area contributed by atoms with Crippen LogP contribution in [0.2, 0.25) is 0 Å². The van der Waals surface area contributed by atoms with Crippen LogP contribution in [0.1, 0.15) is 29.2 Å². The second kappa shape index (κ2) is 5.04. The smallest absolute Gasteiger partial charge is 0.313 e. The molecule has 0 aromatic heterocycles. The molecule has 0 amide bonds. The van der Waals surface area contributed by atoms with Gasteiger partial charge in [-0.15, -0.1) is 0 Å². The van der Waals surface area contributed by atoms with Gasteiger partial charge in [-0.3, -0.25) is 0 Å². The highest BCUT2D eigenvalue weighted by molar-refractivity contribution is 5.37. The van der Waals surface area contributed by atoms with Crippen LogP contribution in [0.25, 0.3) is 0 Å². The maximum Gasteiger partial charge on any atom is 0.390 e. The Morgan fingerprint density at radius 1 is 1.18 bits per heavy atom. The van der Waals surface area contributed by atoms with Gasteiger partial charge in [0, 0.05) is 6.04 Å². The zero-order valence-corrected chi connectivity index (χ0v) is 9.95.